The molecular weight excluding hydrogens is 302 g/mol. The van der Waals surface area contributed by atoms with Crippen molar-refractivity contribution in [2.24, 2.45) is 0 Å². The molecule has 1 aromatic heterocycles. The number of carbonyl (C=O) groups is 1. The van der Waals surface area contributed by atoms with Crippen molar-refractivity contribution in [1.29, 1.82) is 0 Å². The Kier molecular flexibility index (Phi) is 5.30. The van der Waals surface area contributed by atoms with Gasteiger partial charge in [-0.1, -0.05) is 19.4 Å². The van der Waals surface area contributed by atoms with Gasteiger partial charge in [-0.3, -0.25) is 0 Å². The zero-order valence-electron chi connectivity index (χ0n) is 14.4. The number of imidazole rings is 1. The van der Waals surface area contributed by atoms with Gasteiger partial charge in [-0.2, -0.15) is 0 Å². The van der Waals surface area contributed by atoms with Crippen LogP contribution in [0.5, 0.6) is 0 Å². The van der Waals surface area contributed by atoms with E-state index in [0.29, 0.717) is 6.04 Å². The molecule has 5 nitrogen and oxygen atoms in total. The van der Waals surface area contributed by atoms with Crippen LogP contribution in [0, 0.1) is 0 Å². The quantitative estimate of drug-likeness (QED) is 0.654. The largest absolute Gasteiger partial charge is 0.466 e. The van der Waals surface area contributed by atoms with Crippen molar-refractivity contribution in [3.05, 3.63) is 35.7 Å². The molecule has 0 amide bonds. The highest BCUT2D eigenvalue weighted by Gasteiger charge is 2.22. The average Bonchev–Trinajstić information content (AvgIpc) is 3.24. The molecule has 0 saturated carbocycles. The number of unbranched alkanes of at least 4 members (excludes halogenated alkanes) is 1. The average molecular weight is 327 g/mol. The van der Waals surface area contributed by atoms with Gasteiger partial charge in [0.1, 0.15) is 5.82 Å². The van der Waals surface area contributed by atoms with Crippen molar-refractivity contribution in [2.75, 3.05) is 20.2 Å². The van der Waals surface area contributed by atoms with Crippen molar-refractivity contribution in [3.63, 3.8) is 0 Å². The van der Waals surface area contributed by atoms with Crippen LogP contribution in [0.4, 0.5) is 0 Å². The number of aryl methyl sites for hydroxylation is 1. The minimum Gasteiger partial charge on any atom is -0.466 e. The molecule has 1 aromatic carbocycles. The standard InChI is InChI=1S/C19H25N3O2/c1-3-4-5-18-21-16-12-14(7-9-19(23)24-2)6-8-17(16)22(18)15-10-11-20-13-15/h6-9,12,15,20H,3-5,10-11,13H2,1-2H3/b9-7+. The summed E-state index contributed by atoms with van der Waals surface area (Å²) in [7, 11) is 1.38. The van der Waals surface area contributed by atoms with Crippen molar-refractivity contribution < 1.29 is 9.53 Å². The van der Waals surface area contributed by atoms with Gasteiger partial charge in [-0.05, 0) is 43.2 Å². The Morgan fingerprint density at radius 3 is 3.08 bits per heavy atom. The summed E-state index contributed by atoms with van der Waals surface area (Å²) < 4.78 is 7.06. The molecular formula is C19H25N3O2. The van der Waals surface area contributed by atoms with Gasteiger partial charge in [0, 0.05) is 25.1 Å². The number of hydrogen-bond acceptors (Lipinski definition) is 4. The second-order valence-electron chi connectivity index (χ2n) is 6.25. The van der Waals surface area contributed by atoms with E-state index in [0.717, 1.165) is 43.4 Å². The molecule has 0 spiro atoms. The third-order valence-electron chi connectivity index (χ3n) is 4.55. The van der Waals surface area contributed by atoms with Crippen LogP contribution in [0.3, 0.4) is 0 Å². The highest BCUT2D eigenvalue weighted by Crippen LogP contribution is 2.27. The molecule has 3 rings (SSSR count). The number of nitrogens with zero attached hydrogens (tertiary/aromatic N) is 2. The fraction of sp³-hybridized carbons (Fsp3) is 0.474. The van der Waals surface area contributed by atoms with Crippen LogP contribution in [0.2, 0.25) is 0 Å². The monoisotopic (exact) mass is 327 g/mol. The Morgan fingerprint density at radius 1 is 1.50 bits per heavy atom. The number of aromatic nitrogens is 2. The van der Waals surface area contributed by atoms with Crippen LogP contribution >= 0.6 is 0 Å². The number of benzene rings is 1. The first-order valence-electron chi connectivity index (χ1n) is 8.70. The van der Waals surface area contributed by atoms with E-state index in [1.165, 1.54) is 30.9 Å². The SMILES string of the molecule is CCCCc1nc2cc(/C=C/C(=O)OC)ccc2n1C1CCNC1. The summed E-state index contributed by atoms with van der Waals surface area (Å²) in [5.41, 5.74) is 3.15. The zero-order chi connectivity index (χ0) is 16.9. The number of fused-ring (bicyclic) bond motifs is 1. The lowest BCUT2D eigenvalue weighted by Gasteiger charge is -2.15. The molecule has 0 radical (unpaired) electrons. The van der Waals surface area contributed by atoms with E-state index >= 15 is 0 Å². The van der Waals surface area contributed by atoms with Gasteiger partial charge >= 0.3 is 5.97 Å². The van der Waals surface area contributed by atoms with Crippen LogP contribution in [-0.4, -0.2) is 35.7 Å². The zero-order valence-corrected chi connectivity index (χ0v) is 14.4. The summed E-state index contributed by atoms with van der Waals surface area (Å²) in [4.78, 5) is 16.2. The molecule has 24 heavy (non-hydrogen) atoms. The number of methoxy groups -OCH3 is 1. The lowest BCUT2D eigenvalue weighted by Crippen LogP contribution is -2.15. The summed E-state index contributed by atoms with van der Waals surface area (Å²) in [6.07, 6.45) is 7.69. The van der Waals surface area contributed by atoms with E-state index in [9.17, 15) is 4.79 Å². The van der Waals surface area contributed by atoms with Crippen molar-refractivity contribution >= 4 is 23.1 Å². The summed E-state index contributed by atoms with van der Waals surface area (Å²) in [5.74, 6) is 0.830. The molecule has 1 unspecified atom stereocenters. The van der Waals surface area contributed by atoms with E-state index in [1.54, 1.807) is 6.08 Å². The van der Waals surface area contributed by atoms with E-state index in [1.807, 2.05) is 12.1 Å². The Hall–Kier alpha value is -2.14. The van der Waals surface area contributed by atoms with Crippen molar-refractivity contribution in [2.45, 2.75) is 38.6 Å². The van der Waals surface area contributed by atoms with E-state index in [-0.39, 0.29) is 5.97 Å². The molecule has 0 bridgehead atoms. The topological polar surface area (TPSA) is 56.1 Å². The lowest BCUT2D eigenvalue weighted by molar-refractivity contribution is -0.134. The van der Waals surface area contributed by atoms with Gasteiger partial charge in [-0.25, -0.2) is 9.78 Å². The van der Waals surface area contributed by atoms with Gasteiger partial charge < -0.3 is 14.6 Å². The third kappa shape index (κ3) is 3.51. The molecule has 1 N–H and O–H groups in total. The summed E-state index contributed by atoms with van der Waals surface area (Å²) >= 11 is 0. The number of ether oxygens (including phenoxy) is 1. The maximum atomic E-state index is 11.3. The minimum absolute atomic E-state index is 0.346. The first-order valence-corrected chi connectivity index (χ1v) is 8.70. The van der Waals surface area contributed by atoms with Gasteiger partial charge in [0.15, 0.2) is 0 Å². The molecule has 1 aliphatic heterocycles. The molecule has 2 heterocycles. The number of hydrogen-bond donors (Lipinski definition) is 1. The molecule has 5 heteroatoms. The maximum absolute atomic E-state index is 11.3. The van der Waals surface area contributed by atoms with Crippen LogP contribution in [0.25, 0.3) is 17.1 Å². The number of nitrogens with one attached hydrogen (secondary N) is 1. The fourth-order valence-electron chi connectivity index (χ4n) is 3.28. The number of rotatable bonds is 6. The normalized spacial score (nSPS) is 17.8. The van der Waals surface area contributed by atoms with Gasteiger partial charge in [0.25, 0.3) is 0 Å². The molecule has 2 aromatic rings. The van der Waals surface area contributed by atoms with E-state index in [2.05, 4.69) is 27.6 Å². The van der Waals surface area contributed by atoms with Gasteiger partial charge in [0.2, 0.25) is 0 Å². The predicted octanol–water partition coefficient (Wildman–Crippen LogP) is 3.10. The second-order valence-corrected chi connectivity index (χ2v) is 6.25. The Morgan fingerprint density at radius 2 is 2.38 bits per heavy atom. The fourth-order valence-corrected chi connectivity index (χ4v) is 3.28. The van der Waals surface area contributed by atoms with Gasteiger partial charge in [0.05, 0.1) is 18.1 Å². The number of esters is 1. The predicted molar refractivity (Wildman–Crippen MR) is 95.9 cm³/mol. The maximum Gasteiger partial charge on any atom is 0.330 e. The molecule has 0 aliphatic carbocycles. The number of carbonyl (C=O) groups excluding carboxylic acids is 1. The van der Waals surface area contributed by atoms with Crippen LogP contribution in [0.1, 0.15) is 43.6 Å². The molecule has 1 saturated heterocycles. The summed E-state index contributed by atoms with van der Waals surface area (Å²) in [5, 5.41) is 3.45. The first kappa shape index (κ1) is 16.7. The second kappa shape index (κ2) is 7.62. The third-order valence-corrected chi connectivity index (χ3v) is 4.55. The Labute approximate surface area is 142 Å². The van der Waals surface area contributed by atoms with Crippen molar-refractivity contribution in [1.82, 2.24) is 14.9 Å². The van der Waals surface area contributed by atoms with Crippen molar-refractivity contribution in [3.8, 4) is 0 Å². The smallest absolute Gasteiger partial charge is 0.330 e. The summed E-state index contributed by atoms with van der Waals surface area (Å²) in [6.45, 7) is 4.28. The Balaban J connectivity index is 1.97. The van der Waals surface area contributed by atoms with E-state index < -0.39 is 0 Å². The highest BCUT2D eigenvalue weighted by molar-refractivity contribution is 5.88. The van der Waals surface area contributed by atoms with E-state index in [4.69, 9.17) is 4.98 Å². The van der Waals surface area contributed by atoms with Gasteiger partial charge in [-0.15, -0.1) is 0 Å². The Bertz CT molecular complexity index is 742. The van der Waals surface area contributed by atoms with Crippen LogP contribution in [-0.2, 0) is 16.0 Å². The van der Waals surface area contributed by atoms with Crippen LogP contribution in [0.15, 0.2) is 24.3 Å². The van der Waals surface area contributed by atoms with Crippen LogP contribution < -0.4 is 5.32 Å². The molecule has 1 fully saturated rings. The minimum atomic E-state index is -0.346. The molecule has 128 valence electrons. The first-order chi connectivity index (χ1) is 11.7. The summed E-state index contributed by atoms with van der Waals surface area (Å²) in [6, 6.07) is 6.68. The lowest BCUT2D eigenvalue weighted by atomic mass is 10.1. The molecule has 1 aliphatic rings. The highest BCUT2D eigenvalue weighted by atomic mass is 16.5. The molecule has 1 atom stereocenters.